The zero-order chi connectivity index (χ0) is 19.9. The average molecular weight is 397 g/mol. The standard InChI is InChI=1S/C19H32N4O3S/c1-4-23(5-2)27(25,26)18-15-17(8-7-16(18)3)19(24)21-9-6-12-22-13-10-20-11-14-22/h7-8,15,20H,4-6,9-14H2,1-3H3,(H,21,24). The molecule has 2 N–H and O–H groups in total. The molecule has 2 rings (SSSR count). The third-order valence-electron chi connectivity index (χ3n) is 4.92. The van der Waals surface area contributed by atoms with Crippen LogP contribution >= 0.6 is 0 Å². The van der Waals surface area contributed by atoms with E-state index in [1.165, 1.54) is 10.4 Å². The summed E-state index contributed by atoms with van der Waals surface area (Å²) >= 11 is 0. The van der Waals surface area contributed by atoms with Gasteiger partial charge in [-0.05, 0) is 37.6 Å². The molecule has 0 aliphatic carbocycles. The molecule has 1 heterocycles. The minimum Gasteiger partial charge on any atom is -0.352 e. The zero-order valence-electron chi connectivity index (χ0n) is 16.6. The van der Waals surface area contributed by atoms with E-state index in [9.17, 15) is 13.2 Å². The Morgan fingerprint density at radius 2 is 1.89 bits per heavy atom. The molecule has 1 aromatic rings. The molecule has 1 amide bonds. The van der Waals surface area contributed by atoms with Crippen LogP contribution < -0.4 is 10.6 Å². The second-order valence-electron chi connectivity index (χ2n) is 6.77. The highest BCUT2D eigenvalue weighted by Gasteiger charge is 2.24. The van der Waals surface area contributed by atoms with Crippen LogP contribution in [0.25, 0.3) is 0 Å². The van der Waals surface area contributed by atoms with Crippen molar-refractivity contribution in [1.29, 1.82) is 0 Å². The first-order chi connectivity index (χ1) is 12.9. The summed E-state index contributed by atoms with van der Waals surface area (Å²) in [6, 6.07) is 4.88. The lowest BCUT2D eigenvalue weighted by Gasteiger charge is -2.27. The number of nitrogens with zero attached hydrogens (tertiary/aromatic N) is 2. The molecule has 0 unspecified atom stereocenters. The first-order valence-electron chi connectivity index (χ1n) is 9.72. The van der Waals surface area contributed by atoms with E-state index < -0.39 is 10.0 Å². The fourth-order valence-electron chi connectivity index (χ4n) is 3.26. The van der Waals surface area contributed by atoms with Crippen molar-refractivity contribution >= 4 is 15.9 Å². The predicted octanol–water partition coefficient (Wildman–Crippen LogP) is 1.05. The lowest BCUT2D eigenvalue weighted by molar-refractivity contribution is 0.0951. The number of sulfonamides is 1. The number of aryl methyl sites for hydroxylation is 1. The van der Waals surface area contributed by atoms with E-state index >= 15 is 0 Å². The van der Waals surface area contributed by atoms with E-state index in [-0.39, 0.29) is 10.8 Å². The molecule has 0 spiro atoms. The summed E-state index contributed by atoms with van der Waals surface area (Å²) in [6.45, 7) is 11.8. The molecular weight excluding hydrogens is 364 g/mol. The van der Waals surface area contributed by atoms with Gasteiger partial charge in [0.15, 0.2) is 0 Å². The van der Waals surface area contributed by atoms with Crippen LogP contribution in [0.15, 0.2) is 23.1 Å². The average Bonchev–Trinajstić information content (AvgIpc) is 2.67. The van der Waals surface area contributed by atoms with Crippen LogP contribution in [-0.4, -0.2) is 75.9 Å². The Hall–Kier alpha value is -1.48. The van der Waals surface area contributed by atoms with Gasteiger partial charge >= 0.3 is 0 Å². The summed E-state index contributed by atoms with van der Waals surface area (Å²) in [5.74, 6) is -0.230. The number of nitrogens with one attached hydrogen (secondary N) is 2. The highest BCUT2D eigenvalue weighted by Crippen LogP contribution is 2.21. The quantitative estimate of drug-likeness (QED) is 0.610. The van der Waals surface area contributed by atoms with Crippen molar-refractivity contribution < 1.29 is 13.2 Å². The van der Waals surface area contributed by atoms with Crippen molar-refractivity contribution in [1.82, 2.24) is 19.8 Å². The molecule has 0 atom stereocenters. The van der Waals surface area contributed by atoms with Gasteiger partial charge < -0.3 is 15.5 Å². The van der Waals surface area contributed by atoms with E-state index in [4.69, 9.17) is 0 Å². The van der Waals surface area contributed by atoms with Gasteiger partial charge in [0.25, 0.3) is 5.91 Å². The SMILES string of the molecule is CCN(CC)S(=O)(=O)c1cc(C(=O)NCCCN2CCNCC2)ccc1C. The van der Waals surface area contributed by atoms with Gasteiger partial charge in [-0.2, -0.15) is 4.31 Å². The van der Waals surface area contributed by atoms with Crippen LogP contribution in [0.2, 0.25) is 0 Å². The van der Waals surface area contributed by atoms with Gasteiger partial charge in [-0.1, -0.05) is 19.9 Å². The van der Waals surface area contributed by atoms with Gasteiger partial charge in [0.1, 0.15) is 0 Å². The first-order valence-corrected chi connectivity index (χ1v) is 11.2. The molecule has 8 heteroatoms. The number of benzene rings is 1. The highest BCUT2D eigenvalue weighted by molar-refractivity contribution is 7.89. The van der Waals surface area contributed by atoms with Crippen molar-refractivity contribution in [3.63, 3.8) is 0 Å². The van der Waals surface area contributed by atoms with Gasteiger partial charge in [0.05, 0.1) is 4.90 Å². The summed E-state index contributed by atoms with van der Waals surface area (Å²) in [7, 11) is -3.59. The van der Waals surface area contributed by atoms with E-state index in [1.54, 1.807) is 19.1 Å². The Kier molecular flexibility index (Phi) is 8.22. The number of hydrogen-bond donors (Lipinski definition) is 2. The van der Waals surface area contributed by atoms with E-state index in [1.807, 2.05) is 13.8 Å². The van der Waals surface area contributed by atoms with Gasteiger partial charge in [0.2, 0.25) is 10.0 Å². The molecule has 1 saturated heterocycles. The zero-order valence-corrected chi connectivity index (χ0v) is 17.4. The Balaban J connectivity index is 1.98. The van der Waals surface area contributed by atoms with Crippen LogP contribution in [0.4, 0.5) is 0 Å². The predicted molar refractivity (Wildman–Crippen MR) is 108 cm³/mol. The third-order valence-corrected chi connectivity index (χ3v) is 7.11. The molecule has 0 aromatic heterocycles. The minimum absolute atomic E-state index is 0.208. The first kappa shape index (κ1) is 21.8. The van der Waals surface area contributed by atoms with Crippen molar-refractivity contribution in [3.8, 4) is 0 Å². The minimum atomic E-state index is -3.59. The monoisotopic (exact) mass is 396 g/mol. The summed E-state index contributed by atoms with van der Waals surface area (Å²) in [5, 5.41) is 6.22. The van der Waals surface area contributed by atoms with Crippen LogP contribution in [-0.2, 0) is 10.0 Å². The number of piperazine rings is 1. The Bertz CT molecular complexity index is 726. The summed E-state index contributed by atoms with van der Waals surface area (Å²) in [5.41, 5.74) is 1.03. The van der Waals surface area contributed by atoms with Gasteiger partial charge in [-0.25, -0.2) is 8.42 Å². The number of carbonyl (C=O) groups is 1. The Morgan fingerprint density at radius 1 is 1.22 bits per heavy atom. The lowest BCUT2D eigenvalue weighted by atomic mass is 10.1. The van der Waals surface area contributed by atoms with E-state index in [0.29, 0.717) is 30.8 Å². The number of hydrogen-bond acceptors (Lipinski definition) is 5. The topological polar surface area (TPSA) is 81.8 Å². The largest absolute Gasteiger partial charge is 0.352 e. The molecule has 27 heavy (non-hydrogen) atoms. The van der Waals surface area contributed by atoms with Gasteiger partial charge in [-0.3, -0.25) is 4.79 Å². The maximum Gasteiger partial charge on any atom is 0.251 e. The molecule has 0 radical (unpaired) electrons. The molecule has 0 bridgehead atoms. The Morgan fingerprint density at radius 3 is 2.52 bits per heavy atom. The second kappa shape index (κ2) is 10.2. The summed E-state index contributed by atoms with van der Waals surface area (Å²) in [4.78, 5) is 15.0. The fraction of sp³-hybridized carbons (Fsp3) is 0.632. The van der Waals surface area contributed by atoms with Gasteiger partial charge in [-0.15, -0.1) is 0 Å². The van der Waals surface area contributed by atoms with Crippen LogP contribution in [0.5, 0.6) is 0 Å². The fourth-order valence-corrected chi connectivity index (χ4v) is 4.97. The lowest BCUT2D eigenvalue weighted by Crippen LogP contribution is -2.44. The van der Waals surface area contributed by atoms with E-state index in [2.05, 4.69) is 15.5 Å². The maximum absolute atomic E-state index is 12.8. The number of rotatable bonds is 9. The molecule has 1 aromatic carbocycles. The molecular formula is C19H32N4O3S. The molecule has 1 aliphatic heterocycles. The molecule has 1 fully saturated rings. The van der Waals surface area contributed by atoms with Crippen molar-refractivity contribution in [3.05, 3.63) is 29.3 Å². The van der Waals surface area contributed by atoms with E-state index in [0.717, 1.165) is 39.1 Å². The molecule has 0 saturated carbocycles. The highest BCUT2D eigenvalue weighted by atomic mass is 32.2. The molecule has 7 nitrogen and oxygen atoms in total. The normalized spacial score (nSPS) is 15.9. The van der Waals surface area contributed by atoms with Crippen LogP contribution in [0, 0.1) is 6.92 Å². The van der Waals surface area contributed by atoms with Crippen LogP contribution in [0.3, 0.4) is 0 Å². The van der Waals surface area contributed by atoms with Crippen molar-refractivity contribution in [2.75, 3.05) is 52.4 Å². The van der Waals surface area contributed by atoms with Gasteiger partial charge in [0, 0.05) is 51.4 Å². The van der Waals surface area contributed by atoms with Crippen molar-refractivity contribution in [2.24, 2.45) is 0 Å². The van der Waals surface area contributed by atoms with Crippen molar-refractivity contribution in [2.45, 2.75) is 32.1 Å². The smallest absolute Gasteiger partial charge is 0.251 e. The summed E-state index contributed by atoms with van der Waals surface area (Å²) in [6.07, 6.45) is 0.877. The number of carbonyl (C=O) groups excluding carboxylic acids is 1. The molecule has 1 aliphatic rings. The maximum atomic E-state index is 12.8. The van der Waals surface area contributed by atoms with Crippen LogP contribution in [0.1, 0.15) is 36.2 Å². The Labute approximate surface area is 163 Å². The molecule has 152 valence electrons. The number of amides is 1. The summed E-state index contributed by atoms with van der Waals surface area (Å²) < 4.78 is 27.0. The second-order valence-corrected chi connectivity index (χ2v) is 8.68. The third kappa shape index (κ3) is 5.75.